The predicted molar refractivity (Wildman–Crippen MR) is 78.9 cm³/mol. The van der Waals surface area contributed by atoms with Crippen LogP contribution in [0.2, 0.25) is 0 Å². The molecule has 0 aromatic heterocycles. The number of carbonyl (C=O) groups excluding carboxylic acids is 1. The molecule has 0 aliphatic heterocycles. The van der Waals surface area contributed by atoms with Crippen LogP contribution < -0.4 is 5.32 Å². The Morgan fingerprint density at radius 1 is 1.47 bits per heavy atom. The molecule has 104 valence electrons. The second-order valence-corrected chi connectivity index (χ2v) is 5.80. The SMILES string of the molecule is CCOC(=O)C(NC1CCCC1)c1cccc(Br)c1. The van der Waals surface area contributed by atoms with Crippen molar-refractivity contribution < 1.29 is 9.53 Å². The summed E-state index contributed by atoms with van der Waals surface area (Å²) in [6.07, 6.45) is 4.77. The molecule has 1 aliphatic rings. The van der Waals surface area contributed by atoms with Crippen LogP contribution in [0, 0.1) is 0 Å². The van der Waals surface area contributed by atoms with Crippen molar-refractivity contribution in [1.82, 2.24) is 5.32 Å². The van der Waals surface area contributed by atoms with Crippen LogP contribution in [-0.4, -0.2) is 18.6 Å². The van der Waals surface area contributed by atoms with Gasteiger partial charge in [-0.25, -0.2) is 4.79 Å². The van der Waals surface area contributed by atoms with Crippen LogP contribution in [0.1, 0.15) is 44.2 Å². The van der Waals surface area contributed by atoms with Crippen molar-refractivity contribution in [1.29, 1.82) is 0 Å². The van der Waals surface area contributed by atoms with Crippen LogP contribution in [0.5, 0.6) is 0 Å². The summed E-state index contributed by atoms with van der Waals surface area (Å²) in [5.41, 5.74) is 0.958. The second kappa shape index (κ2) is 7.06. The van der Waals surface area contributed by atoms with Crippen LogP contribution in [-0.2, 0) is 9.53 Å². The van der Waals surface area contributed by atoms with E-state index in [2.05, 4.69) is 21.2 Å². The second-order valence-electron chi connectivity index (χ2n) is 4.89. The van der Waals surface area contributed by atoms with Crippen molar-refractivity contribution in [3.63, 3.8) is 0 Å². The van der Waals surface area contributed by atoms with Crippen LogP contribution in [0.3, 0.4) is 0 Å². The van der Waals surface area contributed by atoms with Gasteiger partial charge in [0.2, 0.25) is 0 Å². The summed E-state index contributed by atoms with van der Waals surface area (Å²) in [7, 11) is 0. The first-order chi connectivity index (χ1) is 9.20. The van der Waals surface area contributed by atoms with Gasteiger partial charge in [-0.1, -0.05) is 40.9 Å². The van der Waals surface area contributed by atoms with Crippen molar-refractivity contribution in [3.8, 4) is 0 Å². The van der Waals surface area contributed by atoms with Gasteiger partial charge in [0.15, 0.2) is 0 Å². The predicted octanol–water partition coefficient (Wildman–Crippen LogP) is 3.59. The Balaban J connectivity index is 2.15. The molecule has 3 nitrogen and oxygen atoms in total. The molecule has 0 spiro atoms. The van der Waals surface area contributed by atoms with Gasteiger partial charge in [-0.15, -0.1) is 0 Å². The summed E-state index contributed by atoms with van der Waals surface area (Å²) in [6, 6.07) is 7.91. The Labute approximate surface area is 122 Å². The van der Waals surface area contributed by atoms with Crippen molar-refractivity contribution in [2.24, 2.45) is 0 Å². The summed E-state index contributed by atoms with van der Waals surface area (Å²) in [5.74, 6) is -0.188. The number of halogens is 1. The molecule has 1 aromatic rings. The first-order valence-corrected chi connectivity index (χ1v) is 7.68. The first kappa shape index (κ1) is 14.5. The minimum atomic E-state index is -0.361. The number of carbonyl (C=O) groups is 1. The van der Waals surface area contributed by atoms with Crippen molar-refractivity contribution in [2.45, 2.75) is 44.7 Å². The maximum Gasteiger partial charge on any atom is 0.327 e. The lowest BCUT2D eigenvalue weighted by Crippen LogP contribution is -2.36. The quantitative estimate of drug-likeness (QED) is 0.841. The molecular formula is C15H20BrNO2. The summed E-state index contributed by atoms with van der Waals surface area (Å²) >= 11 is 3.45. The Kier molecular flexibility index (Phi) is 5.40. The van der Waals surface area contributed by atoms with E-state index in [0.29, 0.717) is 12.6 Å². The van der Waals surface area contributed by atoms with Gasteiger partial charge in [0, 0.05) is 10.5 Å². The zero-order valence-electron chi connectivity index (χ0n) is 11.2. The normalized spacial score (nSPS) is 17.4. The first-order valence-electron chi connectivity index (χ1n) is 6.89. The Morgan fingerprint density at radius 3 is 2.84 bits per heavy atom. The van der Waals surface area contributed by atoms with E-state index in [9.17, 15) is 4.79 Å². The lowest BCUT2D eigenvalue weighted by atomic mass is 10.1. The molecule has 1 aromatic carbocycles. The van der Waals surface area contributed by atoms with Gasteiger partial charge in [-0.2, -0.15) is 0 Å². The molecule has 1 atom stereocenters. The fourth-order valence-electron chi connectivity index (χ4n) is 2.54. The maximum absolute atomic E-state index is 12.1. The minimum Gasteiger partial charge on any atom is -0.465 e. The Bertz CT molecular complexity index is 430. The third-order valence-electron chi connectivity index (χ3n) is 3.46. The van der Waals surface area contributed by atoms with E-state index in [1.807, 2.05) is 31.2 Å². The number of nitrogens with one attached hydrogen (secondary N) is 1. The number of ether oxygens (including phenoxy) is 1. The largest absolute Gasteiger partial charge is 0.465 e. The molecule has 0 bridgehead atoms. The fraction of sp³-hybridized carbons (Fsp3) is 0.533. The standard InChI is InChI=1S/C15H20BrNO2/c1-2-19-15(18)14(17-13-8-3-4-9-13)11-6-5-7-12(16)10-11/h5-7,10,13-14,17H,2-4,8-9H2,1H3. The molecule has 4 heteroatoms. The van der Waals surface area contributed by atoms with Gasteiger partial charge in [-0.3, -0.25) is 5.32 Å². The molecule has 1 saturated carbocycles. The molecule has 1 N–H and O–H groups in total. The highest BCUT2D eigenvalue weighted by atomic mass is 79.9. The summed E-state index contributed by atoms with van der Waals surface area (Å²) in [6.45, 7) is 2.25. The lowest BCUT2D eigenvalue weighted by Gasteiger charge is -2.22. The van der Waals surface area contributed by atoms with E-state index in [0.717, 1.165) is 22.9 Å². The number of benzene rings is 1. The maximum atomic E-state index is 12.1. The molecule has 19 heavy (non-hydrogen) atoms. The highest BCUT2D eigenvalue weighted by Crippen LogP contribution is 2.24. The highest BCUT2D eigenvalue weighted by Gasteiger charge is 2.26. The average molecular weight is 326 g/mol. The molecule has 1 fully saturated rings. The lowest BCUT2D eigenvalue weighted by molar-refractivity contribution is -0.146. The van der Waals surface area contributed by atoms with Gasteiger partial charge in [0.1, 0.15) is 6.04 Å². The van der Waals surface area contributed by atoms with Gasteiger partial charge in [0.25, 0.3) is 0 Å². The average Bonchev–Trinajstić information content (AvgIpc) is 2.89. The molecule has 0 heterocycles. The number of esters is 1. The smallest absolute Gasteiger partial charge is 0.327 e. The third-order valence-corrected chi connectivity index (χ3v) is 3.96. The topological polar surface area (TPSA) is 38.3 Å². The molecule has 2 rings (SSSR count). The number of hydrogen-bond donors (Lipinski definition) is 1. The van der Waals surface area contributed by atoms with E-state index >= 15 is 0 Å². The Morgan fingerprint density at radius 2 is 2.21 bits per heavy atom. The number of hydrogen-bond acceptors (Lipinski definition) is 3. The van der Waals surface area contributed by atoms with E-state index < -0.39 is 0 Å². The number of rotatable bonds is 5. The van der Waals surface area contributed by atoms with Crippen molar-refractivity contribution >= 4 is 21.9 Å². The summed E-state index contributed by atoms with van der Waals surface area (Å²) < 4.78 is 6.17. The van der Waals surface area contributed by atoms with Crippen LogP contribution in [0.25, 0.3) is 0 Å². The third kappa shape index (κ3) is 4.05. The molecule has 1 aliphatic carbocycles. The van der Waals surface area contributed by atoms with Gasteiger partial charge in [-0.05, 0) is 37.5 Å². The van der Waals surface area contributed by atoms with E-state index in [-0.39, 0.29) is 12.0 Å². The molecular weight excluding hydrogens is 306 g/mol. The highest BCUT2D eigenvalue weighted by molar-refractivity contribution is 9.10. The molecule has 1 unspecified atom stereocenters. The van der Waals surface area contributed by atoms with Crippen LogP contribution >= 0.6 is 15.9 Å². The van der Waals surface area contributed by atoms with Gasteiger partial charge >= 0.3 is 5.97 Å². The van der Waals surface area contributed by atoms with Crippen LogP contribution in [0.4, 0.5) is 0 Å². The van der Waals surface area contributed by atoms with Gasteiger partial charge in [0.05, 0.1) is 6.61 Å². The molecule has 0 amide bonds. The van der Waals surface area contributed by atoms with Crippen molar-refractivity contribution in [2.75, 3.05) is 6.61 Å². The minimum absolute atomic E-state index is 0.188. The van der Waals surface area contributed by atoms with Gasteiger partial charge < -0.3 is 4.74 Å². The van der Waals surface area contributed by atoms with E-state index in [4.69, 9.17) is 4.74 Å². The fourth-order valence-corrected chi connectivity index (χ4v) is 2.96. The molecule has 0 saturated heterocycles. The zero-order chi connectivity index (χ0) is 13.7. The van der Waals surface area contributed by atoms with Crippen molar-refractivity contribution in [3.05, 3.63) is 34.3 Å². The monoisotopic (exact) mass is 325 g/mol. The zero-order valence-corrected chi connectivity index (χ0v) is 12.8. The Hall–Kier alpha value is -0.870. The summed E-state index contributed by atoms with van der Waals surface area (Å²) in [4.78, 5) is 12.1. The van der Waals surface area contributed by atoms with Crippen LogP contribution in [0.15, 0.2) is 28.7 Å². The van der Waals surface area contributed by atoms with E-state index in [1.165, 1.54) is 12.8 Å². The van der Waals surface area contributed by atoms with E-state index in [1.54, 1.807) is 0 Å². The molecule has 0 radical (unpaired) electrons. The summed E-state index contributed by atoms with van der Waals surface area (Å²) in [5, 5.41) is 3.45.